The zero-order valence-corrected chi connectivity index (χ0v) is 19.5. The number of phenolic OH excluding ortho intramolecular Hbond substituents is 1. The predicted octanol–water partition coefficient (Wildman–Crippen LogP) is 4.64. The van der Waals surface area contributed by atoms with Crippen molar-refractivity contribution in [3.63, 3.8) is 0 Å². The highest BCUT2D eigenvalue weighted by Gasteiger charge is 2.76. The molecule has 6 atom stereocenters. The number of benzene rings is 1. The van der Waals surface area contributed by atoms with Crippen LogP contribution in [-0.4, -0.2) is 58.7 Å². The van der Waals surface area contributed by atoms with E-state index in [1.807, 2.05) is 11.0 Å². The summed E-state index contributed by atoms with van der Waals surface area (Å²) in [6, 6.07) is 6.44. The maximum atomic E-state index is 13.0. The minimum Gasteiger partial charge on any atom is -0.508 e. The molecule has 0 radical (unpaired) electrons. The van der Waals surface area contributed by atoms with Gasteiger partial charge in [0, 0.05) is 37.0 Å². The van der Waals surface area contributed by atoms with Crippen LogP contribution in [0.2, 0.25) is 0 Å². The lowest BCUT2D eigenvalue weighted by atomic mass is 9.43. The van der Waals surface area contributed by atoms with Gasteiger partial charge in [-0.1, -0.05) is 6.07 Å². The van der Waals surface area contributed by atoms with Crippen LogP contribution in [0.5, 0.6) is 5.75 Å². The van der Waals surface area contributed by atoms with Crippen LogP contribution in [0.1, 0.15) is 62.5 Å². The molecule has 4 aliphatic carbocycles. The first kappa shape index (κ1) is 21.5. The second-order valence-corrected chi connectivity index (χ2v) is 12.1. The third-order valence-corrected chi connectivity index (χ3v) is 10.7. The van der Waals surface area contributed by atoms with Crippen LogP contribution in [-0.2, 0) is 16.6 Å². The van der Waals surface area contributed by atoms with E-state index in [0.717, 1.165) is 44.6 Å². The monoisotopic (exact) mass is 474 g/mol. The molecule has 5 unspecified atom stereocenters. The normalized spacial score (nSPS) is 40.3. The highest BCUT2D eigenvalue weighted by atomic mass is 19.4. The number of alkyl halides is 3. The topological polar surface area (TPSA) is 43.8 Å². The first-order valence-corrected chi connectivity index (χ1v) is 13.1. The Morgan fingerprint density at radius 2 is 2.00 bits per heavy atom. The van der Waals surface area contributed by atoms with Gasteiger partial charge in [0.15, 0.2) is 0 Å². The number of aromatic hydroxyl groups is 1. The minimum atomic E-state index is -4.30. The van der Waals surface area contributed by atoms with Crippen LogP contribution in [0.25, 0.3) is 0 Å². The number of hydrogen-bond acceptors (Lipinski definition) is 3. The fraction of sp³-hybridized carbons (Fsp3) is 0.741. The molecule has 2 aliphatic heterocycles. The fourth-order valence-electron chi connectivity index (χ4n) is 9.62. The van der Waals surface area contributed by atoms with E-state index in [9.17, 15) is 23.1 Å². The Morgan fingerprint density at radius 3 is 2.76 bits per heavy atom. The van der Waals surface area contributed by atoms with Crippen molar-refractivity contribution in [1.29, 1.82) is 0 Å². The first-order chi connectivity index (χ1) is 16.2. The summed E-state index contributed by atoms with van der Waals surface area (Å²) >= 11 is 0. The Hall–Kier alpha value is -1.76. The summed E-state index contributed by atoms with van der Waals surface area (Å²) in [6.07, 6.45) is 1.99. The van der Waals surface area contributed by atoms with Crippen molar-refractivity contribution in [1.82, 2.24) is 9.80 Å². The number of phenols is 1. The minimum absolute atomic E-state index is 0.0327. The number of amides is 1. The molecule has 184 valence electrons. The SMILES string of the molecule is O=C(CCC(F)(F)F)N1C[C@H]2CC34CCC1C2C31CCN(CC2CC2)C4Cc2ccc(O)cc21. The van der Waals surface area contributed by atoms with Crippen molar-refractivity contribution in [2.45, 2.75) is 81.5 Å². The summed E-state index contributed by atoms with van der Waals surface area (Å²) in [5, 5.41) is 10.5. The number of halogens is 3. The highest BCUT2D eigenvalue weighted by Crippen LogP contribution is 2.75. The van der Waals surface area contributed by atoms with Gasteiger partial charge in [0.2, 0.25) is 5.91 Å². The first-order valence-electron chi connectivity index (χ1n) is 13.1. The van der Waals surface area contributed by atoms with Gasteiger partial charge in [-0.25, -0.2) is 0 Å². The van der Waals surface area contributed by atoms with Crippen LogP contribution in [0.3, 0.4) is 0 Å². The molecular weight excluding hydrogens is 441 g/mol. The zero-order chi connectivity index (χ0) is 23.5. The van der Waals surface area contributed by atoms with E-state index in [-0.39, 0.29) is 22.8 Å². The average molecular weight is 475 g/mol. The van der Waals surface area contributed by atoms with E-state index in [2.05, 4.69) is 11.0 Å². The van der Waals surface area contributed by atoms with Gasteiger partial charge in [-0.05, 0) is 97.9 Å². The number of fused-ring (bicyclic) bond motifs is 1. The zero-order valence-electron chi connectivity index (χ0n) is 19.5. The number of hydrogen-bond donors (Lipinski definition) is 1. The molecule has 34 heavy (non-hydrogen) atoms. The molecule has 4 bridgehead atoms. The molecule has 7 rings (SSSR count). The van der Waals surface area contributed by atoms with Gasteiger partial charge in [0.1, 0.15) is 5.75 Å². The van der Waals surface area contributed by atoms with E-state index < -0.39 is 19.0 Å². The highest BCUT2D eigenvalue weighted by molar-refractivity contribution is 5.77. The third-order valence-electron chi connectivity index (χ3n) is 10.7. The summed E-state index contributed by atoms with van der Waals surface area (Å²) in [4.78, 5) is 17.6. The molecule has 4 nitrogen and oxygen atoms in total. The number of nitrogens with zero attached hydrogens (tertiary/aromatic N) is 2. The second kappa shape index (κ2) is 6.92. The average Bonchev–Trinajstić information content (AvgIpc) is 3.47. The molecule has 5 fully saturated rings. The molecule has 2 heterocycles. The predicted molar refractivity (Wildman–Crippen MR) is 120 cm³/mol. The van der Waals surface area contributed by atoms with Gasteiger partial charge < -0.3 is 10.0 Å². The van der Waals surface area contributed by atoms with E-state index in [4.69, 9.17) is 0 Å². The van der Waals surface area contributed by atoms with Crippen molar-refractivity contribution in [3.8, 4) is 5.75 Å². The molecule has 1 N–H and O–H groups in total. The Bertz CT molecular complexity index is 1040. The number of carbonyl (C=O) groups is 1. The van der Waals surface area contributed by atoms with Crippen molar-refractivity contribution in [3.05, 3.63) is 29.3 Å². The smallest absolute Gasteiger partial charge is 0.389 e. The van der Waals surface area contributed by atoms with Gasteiger partial charge >= 0.3 is 6.18 Å². The van der Waals surface area contributed by atoms with Gasteiger partial charge in [-0.3, -0.25) is 9.69 Å². The summed E-state index contributed by atoms with van der Waals surface area (Å²) < 4.78 is 38.5. The maximum Gasteiger partial charge on any atom is 0.389 e. The van der Waals surface area contributed by atoms with Gasteiger partial charge in [0.05, 0.1) is 6.42 Å². The lowest BCUT2D eigenvalue weighted by Crippen LogP contribution is -2.69. The van der Waals surface area contributed by atoms with Crippen LogP contribution < -0.4 is 0 Å². The molecule has 7 heteroatoms. The number of likely N-dealkylation sites (tertiary alicyclic amines) is 2. The molecule has 2 saturated heterocycles. The van der Waals surface area contributed by atoms with E-state index in [1.54, 1.807) is 6.07 Å². The Kier molecular flexibility index (Phi) is 4.38. The fourth-order valence-corrected chi connectivity index (χ4v) is 9.62. The van der Waals surface area contributed by atoms with Crippen LogP contribution in [0.15, 0.2) is 18.2 Å². The third kappa shape index (κ3) is 2.79. The Balaban J connectivity index is 1.29. The molecule has 6 aliphatic rings. The Morgan fingerprint density at radius 1 is 1.18 bits per heavy atom. The molecular formula is C27H33F3N2O2. The molecule has 1 aromatic carbocycles. The number of piperidine rings is 1. The van der Waals surface area contributed by atoms with E-state index in [0.29, 0.717) is 30.2 Å². The quantitative estimate of drug-likeness (QED) is 0.692. The van der Waals surface area contributed by atoms with Crippen molar-refractivity contribution >= 4 is 5.91 Å². The van der Waals surface area contributed by atoms with E-state index in [1.165, 1.54) is 30.5 Å². The number of rotatable bonds is 4. The number of carbonyl (C=O) groups excluding carboxylic acids is 1. The maximum absolute atomic E-state index is 13.0. The van der Waals surface area contributed by atoms with Crippen LogP contribution >= 0.6 is 0 Å². The van der Waals surface area contributed by atoms with Gasteiger partial charge in [0.25, 0.3) is 0 Å². The van der Waals surface area contributed by atoms with E-state index >= 15 is 0 Å². The molecule has 1 amide bonds. The summed E-state index contributed by atoms with van der Waals surface area (Å²) in [5.74, 6) is 1.46. The van der Waals surface area contributed by atoms with Crippen molar-refractivity contribution in [2.24, 2.45) is 23.2 Å². The van der Waals surface area contributed by atoms with Crippen molar-refractivity contribution in [2.75, 3.05) is 19.6 Å². The molecule has 1 aromatic rings. The summed E-state index contributed by atoms with van der Waals surface area (Å²) in [5.41, 5.74) is 2.71. The molecule has 3 saturated carbocycles. The largest absolute Gasteiger partial charge is 0.508 e. The standard InChI is InChI=1S/C27H33F3N2O2/c28-27(29,30)8-6-23(34)32-15-18-13-25-7-5-21(32)24(18)26(25)9-10-31(14-16-1-2-16)22(25)11-17-3-4-19(33)12-20(17)26/h3-4,12,16,18,21-22,24,33H,1-2,5-11,13-15H2/t18-,21?,22?,24?,25?,26?/m1/s1. The van der Waals surface area contributed by atoms with Crippen molar-refractivity contribution < 1.29 is 23.1 Å². The lowest BCUT2D eigenvalue weighted by Gasteiger charge is -2.66. The Labute approximate surface area is 198 Å². The van der Waals surface area contributed by atoms with Crippen LogP contribution in [0.4, 0.5) is 13.2 Å². The van der Waals surface area contributed by atoms with Gasteiger partial charge in [-0.2, -0.15) is 13.2 Å². The molecule has 0 spiro atoms. The lowest BCUT2D eigenvalue weighted by molar-refractivity contribution is -0.153. The molecule has 0 aromatic heterocycles. The van der Waals surface area contributed by atoms with Crippen LogP contribution in [0, 0.1) is 23.2 Å². The van der Waals surface area contributed by atoms with Gasteiger partial charge in [-0.15, -0.1) is 0 Å². The second-order valence-electron chi connectivity index (χ2n) is 12.1. The summed E-state index contributed by atoms with van der Waals surface area (Å²) in [6.45, 7) is 2.85. The summed E-state index contributed by atoms with van der Waals surface area (Å²) in [7, 11) is 0.